The molecule has 0 heterocycles. The first-order valence-corrected chi connectivity index (χ1v) is 5.73. The van der Waals surface area contributed by atoms with E-state index in [2.05, 4.69) is 4.74 Å². The molecule has 5 nitrogen and oxygen atoms in total. The second kappa shape index (κ2) is 7.28. The second-order valence-corrected chi connectivity index (χ2v) is 3.59. The Morgan fingerprint density at radius 2 is 2.05 bits per heavy atom. The zero-order chi connectivity index (χ0) is 15.1. The lowest BCUT2D eigenvalue weighted by molar-refractivity contribution is -0.142. The average molecular weight is 285 g/mol. The van der Waals surface area contributed by atoms with E-state index >= 15 is 0 Å². The minimum Gasteiger partial charge on any atom is -0.495 e. The van der Waals surface area contributed by atoms with Gasteiger partial charge in [0.15, 0.2) is 0 Å². The lowest BCUT2D eigenvalue weighted by Crippen LogP contribution is -2.12. The van der Waals surface area contributed by atoms with Crippen LogP contribution < -0.4 is 9.47 Å². The summed E-state index contributed by atoms with van der Waals surface area (Å²) < 4.78 is 38.7. The van der Waals surface area contributed by atoms with Crippen LogP contribution in [-0.4, -0.2) is 26.3 Å². The summed E-state index contributed by atoms with van der Waals surface area (Å²) >= 11 is 0. The van der Waals surface area contributed by atoms with Crippen molar-refractivity contribution < 1.29 is 27.8 Å². The minimum atomic E-state index is -3.06. The monoisotopic (exact) mass is 285 g/mol. The fourth-order valence-corrected chi connectivity index (χ4v) is 1.64. The van der Waals surface area contributed by atoms with E-state index in [0.717, 1.165) is 0 Å². The Morgan fingerprint density at radius 3 is 2.55 bits per heavy atom. The van der Waals surface area contributed by atoms with Crippen LogP contribution in [0.3, 0.4) is 0 Å². The fourth-order valence-electron chi connectivity index (χ4n) is 1.64. The van der Waals surface area contributed by atoms with Crippen molar-refractivity contribution in [2.45, 2.75) is 20.0 Å². The maximum Gasteiger partial charge on any atom is 0.387 e. The number of esters is 1. The SMILES string of the molecule is CCOC(=O)Cc1c(OC(F)F)ccc(OC)c1C#N. The molecule has 0 aliphatic carbocycles. The van der Waals surface area contributed by atoms with Crippen molar-refractivity contribution in [3.8, 4) is 17.6 Å². The molecule has 0 spiro atoms. The van der Waals surface area contributed by atoms with Gasteiger partial charge >= 0.3 is 12.6 Å². The first-order valence-electron chi connectivity index (χ1n) is 5.73. The van der Waals surface area contributed by atoms with Crippen molar-refractivity contribution in [1.82, 2.24) is 0 Å². The number of nitrogens with zero attached hydrogens (tertiary/aromatic N) is 1. The Kier molecular flexibility index (Phi) is 5.72. The van der Waals surface area contributed by atoms with Crippen molar-refractivity contribution in [2.24, 2.45) is 0 Å². The number of hydrogen-bond acceptors (Lipinski definition) is 5. The molecule has 0 bridgehead atoms. The molecule has 1 aromatic carbocycles. The summed E-state index contributed by atoms with van der Waals surface area (Å²) in [4.78, 5) is 11.5. The summed E-state index contributed by atoms with van der Waals surface area (Å²) in [6.45, 7) is -1.29. The number of hydrogen-bond donors (Lipinski definition) is 0. The molecular formula is C13H13F2NO4. The topological polar surface area (TPSA) is 68.6 Å². The number of nitriles is 1. The van der Waals surface area contributed by atoms with Gasteiger partial charge in [-0.05, 0) is 19.1 Å². The standard InChI is InChI=1S/C13H13F2NO4/c1-3-19-12(17)6-8-9(7-16)10(18-2)4-5-11(8)20-13(14)15/h4-5,13H,3,6H2,1-2H3. The molecule has 0 amide bonds. The predicted molar refractivity (Wildman–Crippen MR) is 64.7 cm³/mol. The van der Waals surface area contributed by atoms with Gasteiger partial charge in [0.05, 0.1) is 20.1 Å². The molecule has 0 aliphatic heterocycles. The summed E-state index contributed by atoms with van der Waals surface area (Å²) in [6.07, 6.45) is -0.351. The number of alkyl halides is 2. The first kappa shape index (κ1) is 15.7. The summed E-state index contributed by atoms with van der Waals surface area (Å²) in [5.74, 6) is -0.713. The molecule has 0 N–H and O–H groups in total. The van der Waals surface area contributed by atoms with E-state index < -0.39 is 12.6 Å². The highest BCUT2D eigenvalue weighted by molar-refractivity contribution is 5.75. The Morgan fingerprint density at radius 1 is 1.40 bits per heavy atom. The highest BCUT2D eigenvalue weighted by Gasteiger charge is 2.20. The van der Waals surface area contributed by atoms with Crippen LogP contribution >= 0.6 is 0 Å². The number of carbonyl (C=O) groups is 1. The van der Waals surface area contributed by atoms with Crippen LogP contribution in [0.25, 0.3) is 0 Å². The summed E-state index contributed by atoms with van der Waals surface area (Å²) in [5.41, 5.74) is -0.00990. The van der Waals surface area contributed by atoms with Crippen molar-refractivity contribution >= 4 is 5.97 Å². The highest BCUT2D eigenvalue weighted by atomic mass is 19.3. The van der Waals surface area contributed by atoms with Crippen LogP contribution in [-0.2, 0) is 16.0 Å². The molecule has 0 radical (unpaired) electrons. The van der Waals surface area contributed by atoms with Crippen LogP contribution in [0.15, 0.2) is 12.1 Å². The Balaban J connectivity index is 3.25. The van der Waals surface area contributed by atoms with Gasteiger partial charge in [-0.2, -0.15) is 14.0 Å². The Labute approximate surface area is 114 Å². The van der Waals surface area contributed by atoms with Crippen LogP contribution in [0.2, 0.25) is 0 Å². The third kappa shape index (κ3) is 3.82. The number of ether oxygens (including phenoxy) is 3. The van der Waals surface area contributed by atoms with Gasteiger partial charge in [0.2, 0.25) is 0 Å². The van der Waals surface area contributed by atoms with Crippen molar-refractivity contribution in [3.05, 3.63) is 23.3 Å². The van der Waals surface area contributed by atoms with E-state index in [1.807, 2.05) is 6.07 Å². The van der Waals surface area contributed by atoms with E-state index in [-0.39, 0.29) is 35.7 Å². The summed E-state index contributed by atoms with van der Waals surface area (Å²) in [6, 6.07) is 4.37. The normalized spacial score (nSPS) is 10.0. The van der Waals surface area contributed by atoms with Gasteiger partial charge in [0, 0.05) is 5.56 Å². The number of carbonyl (C=O) groups excluding carboxylic acids is 1. The van der Waals surface area contributed by atoms with Crippen LogP contribution in [0.1, 0.15) is 18.1 Å². The van der Waals surface area contributed by atoms with E-state index in [1.54, 1.807) is 6.92 Å². The van der Waals surface area contributed by atoms with E-state index in [1.165, 1.54) is 19.2 Å². The molecule has 1 aromatic rings. The minimum absolute atomic E-state index is 0.0191. The maximum atomic E-state index is 12.4. The number of methoxy groups -OCH3 is 1. The Bertz CT molecular complexity index is 526. The van der Waals surface area contributed by atoms with Crippen molar-refractivity contribution in [1.29, 1.82) is 5.26 Å². The van der Waals surface area contributed by atoms with Crippen LogP contribution in [0.5, 0.6) is 11.5 Å². The first-order chi connectivity index (χ1) is 9.53. The van der Waals surface area contributed by atoms with Crippen LogP contribution in [0.4, 0.5) is 8.78 Å². The Hall–Kier alpha value is -2.36. The van der Waals surface area contributed by atoms with Gasteiger partial charge < -0.3 is 14.2 Å². The quantitative estimate of drug-likeness (QED) is 0.750. The number of benzene rings is 1. The van der Waals surface area contributed by atoms with Gasteiger partial charge in [-0.25, -0.2) is 0 Å². The molecule has 0 fully saturated rings. The predicted octanol–water partition coefficient (Wildman–Crippen LogP) is 2.27. The van der Waals surface area contributed by atoms with E-state index in [0.29, 0.717) is 0 Å². The van der Waals surface area contributed by atoms with Crippen molar-refractivity contribution in [2.75, 3.05) is 13.7 Å². The highest BCUT2D eigenvalue weighted by Crippen LogP contribution is 2.31. The van der Waals surface area contributed by atoms with Gasteiger partial charge in [0.25, 0.3) is 0 Å². The third-order valence-corrected chi connectivity index (χ3v) is 2.41. The molecule has 0 unspecified atom stereocenters. The van der Waals surface area contributed by atoms with Crippen molar-refractivity contribution in [3.63, 3.8) is 0 Å². The van der Waals surface area contributed by atoms with Gasteiger partial charge in [-0.1, -0.05) is 0 Å². The third-order valence-electron chi connectivity index (χ3n) is 2.41. The van der Waals surface area contributed by atoms with Gasteiger partial charge in [0.1, 0.15) is 23.1 Å². The fraction of sp³-hybridized carbons (Fsp3) is 0.385. The van der Waals surface area contributed by atoms with Gasteiger partial charge in [-0.15, -0.1) is 0 Å². The van der Waals surface area contributed by atoms with Crippen LogP contribution in [0, 0.1) is 11.3 Å². The second-order valence-electron chi connectivity index (χ2n) is 3.59. The van der Waals surface area contributed by atoms with Gasteiger partial charge in [-0.3, -0.25) is 4.79 Å². The molecule has 0 aromatic heterocycles. The molecule has 108 valence electrons. The molecule has 0 aliphatic rings. The lowest BCUT2D eigenvalue weighted by atomic mass is 10.0. The maximum absolute atomic E-state index is 12.4. The van der Waals surface area contributed by atoms with E-state index in [9.17, 15) is 13.6 Å². The zero-order valence-electron chi connectivity index (χ0n) is 11.0. The largest absolute Gasteiger partial charge is 0.495 e. The number of halogens is 2. The van der Waals surface area contributed by atoms with E-state index in [4.69, 9.17) is 14.7 Å². The number of rotatable bonds is 6. The smallest absolute Gasteiger partial charge is 0.387 e. The zero-order valence-corrected chi connectivity index (χ0v) is 11.0. The molecule has 7 heteroatoms. The molecule has 0 atom stereocenters. The lowest BCUT2D eigenvalue weighted by Gasteiger charge is -2.14. The molecule has 0 saturated heterocycles. The summed E-state index contributed by atoms with van der Waals surface area (Å²) in [5, 5.41) is 9.11. The molecule has 0 saturated carbocycles. The summed E-state index contributed by atoms with van der Waals surface area (Å²) in [7, 11) is 1.33. The average Bonchev–Trinajstić information content (AvgIpc) is 2.40. The molecule has 20 heavy (non-hydrogen) atoms. The molecular weight excluding hydrogens is 272 g/mol. The molecule has 1 rings (SSSR count).